The zero-order valence-electron chi connectivity index (χ0n) is 13.2. The van der Waals surface area contributed by atoms with Crippen LogP contribution < -0.4 is 5.32 Å². The predicted molar refractivity (Wildman–Crippen MR) is 83.6 cm³/mol. The Balaban J connectivity index is 2.54. The van der Waals surface area contributed by atoms with Gasteiger partial charge in [-0.2, -0.15) is 0 Å². The summed E-state index contributed by atoms with van der Waals surface area (Å²) in [5.74, 6) is 0.628. The number of ether oxygens (including phenoxy) is 1. The summed E-state index contributed by atoms with van der Waals surface area (Å²) in [6, 6.07) is 1.69. The number of amides is 1. The number of nitrogens with zero attached hydrogens (tertiary/aromatic N) is 3. The van der Waals surface area contributed by atoms with E-state index in [0.29, 0.717) is 24.1 Å². The highest BCUT2D eigenvalue weighted by atomic mass is 35.5. The number of aromatic nitrogens is 2. The molecule has 0 aliphatic heterocycles. The maximum absolute atomic E-state index is 12.1. The van der Waals surface area contributed by atoms with E-state index in [2.05, 4.69) is 15.3 Å². The van der Waals surface area contributed by atoms with E-state index in [4.69, 9.17) is 16.3 Å². The van der Waals surface area contributed by atoms with Crippen LogP contribution in [0.3, 0.4) is 0 Å². The minimum Gasteiger partial charge on any atom is -0.444 e. The van der Waals surface area contributed by atoms with Crippen molar-refractivity contribution in [2.75, 3.05) is 18.4 Å². The number of halogens is 1. The zero-order valence-corrected chi connectivity index (χ0v) is 13.9. The van der Waals surface area contributed by atoms with E-state index >= 15 is 0 Å². The number of anilines is 1. The van der Waals surface area contributed by atoms with Crippen molar-refractivity contribution >= 4 is 23.5 Å². The van der Waals surface area contributed by atoms with Crippen molar-refractivity contribution in [3.63, 3.8) is 0 Å². The minimum atomic E-state index is -0.502. The Morgan fingerprint density at radius 3 is 2.62 bits per heavy atom. The summed E-state index contributed by atoms with van der Waals surface area (Å²) < 4.78 is 5.40. The lowest BCUT2D eigenvalue weighted by Gasteiger charge is -2.30. The number of nitrogens with one attached hydrogen (secondary N) is 1. The van der Waals surface area contributed by atoms with Crippen molar-refractivity contribution < 1.29 is 9.53 Å². The molecular weight excluding hydrogens is 292 g/mol. The molecule has 118 valence electrons. The number of carbonyl (C=O) groups is 1. The van der Waals surface area contributed by atoms with Crippen LogP contribution in [-0.4, -0.2) is 45.7 Å². The molecule has 0 fully saturated rings. The second-order valence-electron chi connectivity index (χ2n) is 5.92. The molecule has 0 aliphatic rings. The fourth-order valence-electron chi connectivity index (χ4n) is 1.62. The maximum Gasteiger partial charge on any atom is 0.410 e. The molecule has 7 heteroatoms. The van der Waals surface area contributed by atoms with Crippen LogP contribution in [0, 0.1) is 0 Å². The summed E-state index contributed by atoms with van der Waals surface area (Å²) in [6.45, 7) is 10.5. The van der Waals surface area contributed by atoms with Gasteiger partial charge in [0.05, 0.1) is 0 Å². The highest BCUT2D eigenvalue weighted by Crippen LogP contribution is 2.12. The van der Waals surface area contributed by atoms with Gasteiger partial charge in [0.25, 0.3) is 0 Å². The lowest BCUT2D eigenvalue weighted by Crippen LogP contribution is -2.43. The second kappa shape index (κ2) is 7.45. The summed E-state index contributed by atoms with van der Waals surface area (Å²) >= 11 is 5.78. The Kier molecular flexibility index (Phi) is 6.20. The molecule has 0 saturated heterocycles. The first-order chi connectivity index (χ1) is 9.69. The molecule has 0 saturated carbocycles. The van der Waals surface area contributed by atoms with Crippen LogP contribution in [0.1, 0.15) is 34.6 Å². The van der Waals surface area contributed by atoms with Crippen molar-refractivity contribution in [3.05, 3.63) is 17.5 Å². The van der Waals surface area contributed by atoms with Gasteiger partial charge in [-0.05, 0) is 34.6 Å². The first-order valence-electron chi connectivity index (χ1n) is 6.90. The van der Waals surface area contributed by atoms with E-state index in [1.54, 1.807) is 11.0 Å². The van der Waals surface area contributed by atoms with Crippen LogP contribution in [0.4, 0.5) is 10.6 Å². The minimum absolute atomic E-state index is 0.0515. The maximum atomic E-state index is 12.1. The quantitative estimate of drug-likeness (QED) is 0.845. The lowest BCUT2D eigenvalue weighted by atomic mass is 10.2. The first kappa shape index (κ1) is 17.5. The third-order valence-electron chi connectivity index (χ3n) is 2.54. The molecular formula is C14H23ClN4O2. The van der Waals surface area contributed by atoms with E-state index in [1.807, 2.05) is 34.6 Å². The first-order valence-corrected chi connectivity index (χ1v) is 7.28. The van der Waals surface area contributed by atoms with Crippen molar-refractivity contribution in [2.24, 2.45) is 0 Å². The second-order valence-corrected chi connectivity index (χ2v) is 6.31. The summed E-state index contributed by atoms with van der Waals surface area (Å²) in [6.07, 6.45) is 1.07. The standard InChI is InChI=1S/C14H23ClN4O2/c1-10(2)19(13(20)21-14(3,4)5)7-6-16-12-8-11(15)17-9-18-12/h8-10H,6-7H2,1-5H3,(H,16,17,18). The smallest absolute Gasteiger partial charge is 0.410 e. The average Bonchev–Trinajstić information content (AvgIpc) is 2.31. The number of rotatable bonds is 5. The summed E-state index contributed by atoms with van der Waals surface area (Å²) in [5, 5.41) is 3.48. The van der Waals surface area contributed by atoms with E-state index in [0.717, 1.165) is 0 Å². The van der Waals surface area contributed by atoms with E-state index in [-0.39, 0.29) is 12.1 Å². The average molecular weight is 315 g/mol. The highest BCUT2D eigenvalue weighted by molar-refractivity contribution is 6.29. The van der Waals surface area contributed by atoms with Gasteiger partial charge in [-0.25, -0.2) is 14.8 Å². The molecule has 0 radical (unpaired) electrons. The van der Waals surface area contributed by atoms with Crippen molar-refractivity contribution in [3.8, 4) is 0 Å². The Morgan fingerprint density at radius 1 is 1.43 bits per heavy atom. The Labute approximate surface area is 130 Å². The topological polar surface area (TPSA) is 67.3 Å². The van der Waals surface area contributed by atoms with Gasteiger partial charge in [-0.3, -0.25) is 0 Å². The SMILES string of the molecule is CC(C)N(CCNc1cc(Cl)ncn1)C(=O)OC(C)(C)C. The number of hydrogen-bond donors (Lipinski definition) is 1. The molecule has 0 spiro atoms. The molecule has 0 bridgehead atoms. The lowest BCUT2D eigenvalue weighted by molar-refractivity contribution is 0.0200. The summed E-state index contributed by atoms with van der Waals surface area (Å²) in [7, 11) is 0. The molecule has 0 atom stereocenters. The summed E-state index contributed by atoms with van der Waals surface area (Å²) in [4.78, 5) is 21.6. The predicted octanol–water partition coefficient (Wildman–Crippen LogP) is 3.19. The molecule has 0 aliphatic carbocycles. The van der Waals surface area contributed by atoms with Crippen LogP contribution in [-0.2, 0) is 4.74 Å². The van der Waals surface area contributed by atoms with Crippen LogP contribution in [0.2, 0.25) is 5.15 Å². The number of carbonyl (C=O) groups excluding carboxylic acids is 1. The Bertz CT molecular complexity index is 474. The molecule has 21 heavy (non-hydrogen) atoms. The van der Waals surface area contributed by atoms with Gasteiger partial charge >= 0.3 is 6.09 Å². The normalized spacial score (nSPS) is 11.4. The van der Waals surface area contributed by atoms with Gasteiger partial charge in [-0.1, -0.05) is 11.6 Å². The molecule has 1 aromatic heterocycles. The molecule has 0 aromatic carbocycles. The van der Waals surface area contributed by atoms with Crippen LogP contribution in [0.25, 0.3) is 0 Å². The van der Waals surface area contributed by atoms with Crippen LogP contribution in [0.5, 0.6) is 0 Å². The summed E-state index contributed by atoms with van der Waals surface area (Å²) in [5.41, 5.74) is -0.502. The molecule has 0 unspecified atom stereocenters. The molecule has 1 amide bonds. The van der Waals surface area contributed by atoms with Crippen molar-refractivity contribution in [2.45, 2.75) is 46.3 Å². The van der Waals surface area contributed by atoms with Gasteiger partial charge in [0.1, 0.15) is 22.9 Å². The van der Waals surface area contributed by atoms with Gasteiger partial charge in [0, 0.05) is 25.2 Å². The van der Waals surface area contributed by atoms with Gasteiger partial charge in [-0.15, -0.1) is 0 Å². The monoisotopic (exact) mass is 314 g/mol. The van der Waals surface area contributed by atoms with Crippen LogP contribution in [0.15, 0.2) is 12.4 Å². The fourth-order valence-corrected chi connectivity index (χ4v) is 1.76. The largest absolute Gasteiger partial charge is 0.444 e. The van der Waals surface area contributed by atoms with Crippen molar-refractivity contribution in [1.29, 1.82) is 0 Å². The molecule has 1 N–H and O–H groups in total. The fraction of sp³-hybridized carbons (Fsp3) is 0.643. The van der Waals surface area contributed by atoms with Gasteiger partial charge < -0.3 is 15.0 Å². The number of hydrogen-bond acceptors (Lipinski definition) is 5. The Hall–Kier alpha value is -1.56. The van der Waals surface area contributed by atoms with E-state index < -0.39 is 5.60 Å². The molecule has 1 aromatic rings. The van der Waals surface area contributed by atoms with Crippen LogP contribution >= 0.6 is 11.6 Å². The Morgan fingerprint density at radius 2 is 2.10 bits per heavy atom. The van der Waals surface area contributed by atoms with Gasteiger partial charge in [0.15, 0.2) is 0 Å². The van der Waals surface area contributed by atoms with E-state index in [9.17, 15) is 4.79 Å². The highest BCUT2D eigenvalue weighted by Gasteiger charge is 2.23. The zero-order chi connectivity index (χ0) is 16.0. The van der Waals surface area contributed by atoms with E-state index in [1.165, 1.54) is 6.33 Å². The third-order valence-corrected chi connectivity index (χ3v) is 2.75. The van der Waals surface area contributed by atoms with Gasteiger partial charge in [0.2, 0.25) is 0 Å². The molecule has 1 rings (SSSR count). The third kappa shape index (κ3) is 6.62. The molecule has 1 heterocycles. The molecule has 6 nitrogen and oxygen atoms in total. The van der Waals surface area contributed by atoms with Crippen molar-refractivity contribution in [1.82, 2.24) is 14.9 Å².